The zero-order valence-electron chi connectivity index (χ0n) is 11.8. The van der Waals surface area contributed by atoms with Crippen LogP contribution in [0.4, 0.5) is 0 Å². The van der Waals surface area contributed by atoms with Crippen molar-refractivity contribution < 1.29 is 0 Å². The molecule has 1 atom stereocenters. The predicted octanol–water partition coefficient (Wildman–Crippen LogP) is 1.93. The Bertz CT molecular complexity index is 453. The fourth-order valence-corrected chi connectivity index (χ4v) is 3.75. The number of halogens is 1. The van der Waals surface area contributed by atoms with Crippen LogP contribution in [-0.2, 0) is 20.0 Å². The summed E-state index contributed by atoms with van der Waals surface area (Å²) in [6, 6.07) is 0.714. The lowest BCUT2D eigenvalue weighted by Gasteiger charge is -2.33. The predicted molar refractivity (Wildman–Crippen MR) is 80.1 cm³/mol. The molecule has 3 rings (SSSR count). The topological polar surface area (TPSA) is 33.1 Å². The number of hydrogen-bond donors (Lipinski definition) is 1. The number of rotatable bonds is 4. The van der Waals surface area contributed by atoms with Crippen LogP contribution in [0, 0.1) is 5.92 Å². The van der Waals surface area contributed by atoms with Gasteiger partial charge in [-0.15, -0.1) is 0 Å². The van der Waals surface area contributed by atoms with E-state index in [4.69, 9.17) is 0 Å². The quantitative estimate of drug-likeness (QED) is 0.917. The van der Waals surface area contributed by atoms with Gasteiger partial charge in [-0.1, -0.05) is 6.92 Å². The molecule has 1 saturated carbocycles. The van der Waals surface area contributed by atoms with E-state index in [0.29, 0.717) is 6.04 Å². The maximum absolute atomic E-state index is 4.59. The Kier molecular flexibility index (Phi) is 3.96. The lowest BCUT2D eigenvalue weighted by Crippen LogP contribution is -2.51. The Morgan fingerprint density at radius 3 is 2.84 bits per heavy atom. The van der Waals surface area contributed by atoms with Gasteiger partial charge >= 0.3 is 0 Å². The molecule has 2 heterocycles. The number of piperazine rings is 1. The molecule has 4 nitrogen and oxygen atoms in total. The van der Waals surface area contributed by atoms with Crippen LogP contribution in [0.3, 0.4) is 0 Å². The molecule has 106 valence electrons. The number of aryl methyl sites for hydroxylation is 2. The summed E-state index contributed by atoms with van der Waals surface area (Å²) in [4.78, 5) is 2.57. The average molecular weight is 327 g/mol. The molecular formula is C14H23BrN4. The monoisotopic (exact) mass is 326 g/mol. The van der Waals surface area contributed by atoms with Crippen LogP contribution in [0.15, 0.2) is 4.47 Å². The van der Waals surface area contributed by atoms with Crippen LogP contribution < -0.4 is 5.32 Å². The van der Waals surface area contributed by atoms with Crippen molar-refractivity contribution >= 4 is 15.9 Å². The molecule has 1 aliphatic heterocycles. The fourth-order valence-electron chi connectivity index (χ4n) is 3.00. The molecular weight excluding hydrogens is 304 g/mol. The minimum Gasteiger partial charge on any atom is -0.311 e. The molecule has 1 N–H and O–H groups in total. The molecule has 1 saturated heterocycles. The van der Waals surface area contributed by atoms with Crippen LogP contribution in [-0.4, -0.2) is 40.4 Å². The summed E-state index contributed by atoms with van der Waals surface area (Å²) in [5.41, 5.74) is 2.49. The third-order valence-corrected chi connectivity index (χ3v) is 5.27. The maximum Gasteiger partial charge on any atom is 0.0767 e. The fraction of sp³-hybridized carbons (Fsp3) is 0.786. The summed E-state index contributed by atoms with van der Waals surface area (Å²) >= 11 is 3.72. The molecule has 0 bridgehead atoms. The molecule has 0 radical (unpaired) electrons. The summed E-state index contributed by atoms with van der Waals surface area (Å²) in [6.07, 6.45) is 3.82. The molecule has 1 aromatic rings. The SMILES string of the molecule is CCc1nn(C)c(CN2CCNC(C3CC3)C2)c1Br. The minimum atomic E-state index is 0.714. The van der Waals surface area contributed by atoms with E-state index in [1.54, 1.807) is 0 Å². The first-order valence-corrected chi connectivity index (χ1v) is 8.14. The van der Waals surface area contributed by atoms with Crippen molar-refractivity contribution in [1.82, 2.24) is 20.0 Å². The Morgan fingerprint density at radius 2 is 2.21 bits per heavy atom. The third kappa shape index (κ3) is 2.88. The summed E-state index contributed by atoms with van der Waals surface area (Å²) in [7, 11) is 2.06. The van der Waals surface area contributed by atoms with Gasteiger partial charge in [-0.25, -0.2) is 0 Å². The van der Waals surface area contributed by atoms with E-state index in [2.05, 4.69) is 45.2 Å². The van der Waals surface area contributed by atoms with Crippen LogP contribution in [0.5, 0.6) is 0 Å². The summed E-state index contributed by atoms with van der Waals surface area (Å²) < 4.78 is 3.25. The van der Waals surface area contributed by atoms with Gasteiger partial charge in [0.05, 0.1) is 15.9 Å². The van der Waals surface area contributed by atoms with Gasteiger partial charge in [-0.2, -0.15) is 5.10 Å². The van der Waals surface area contributed by atoms with Gasteiger partial charge in [-0.3, -0.25) is 9.58 Å². The van der Waals surface area contributed by atoms with E-state index in [-0.39, 0.29) is 0 Å². The molecule has 19 heavy (non-hydrogen) atoms. The molecule has 2 aliphatic rings. The average Bonchev–Trinajstić information content (AvgIpc) is 3.22. The van der Waals surface area contributed by atoms with E-state index in [0.717, 1.165) is 32.0 Å². The van der Waals surface area contributed by atoms with E-state index in [9.17, 15) is 0 Å². The third-order valence-electron chi connectivity index (χ3n) is 4.36. The first-order valence-electron chi connectivity index (χ1n) is 7.35. The van der Waals surface area contributed by atoms with Crippen molar-refractivity contribution in [3.05, 3.63) is 15.9 Å². The number of nitrogens with zero attached hydrogens (tertiary/aromatic N) is 3. The summed E-state index contributed by atoms with van der Waals surface area (Å²) in [5.74, 6) is 0.934. The zero-order chi connectivity index (χ0) is 13.4. The van der Waals surface area contributed by atoms with E-state index < -0.39 is 0 Å². The van der Waals surface area contributed by atoms with Gasteiger partial charge < -0.3 is 5.32 Å². The number of aromatic nitrogens is 2. The highest BCUT2D eigenvalue weighted by molar-refractivity contribution is 9.10. The van der Waals surface area contributed by atoms with Crippen molar-refractivity contribution in [3.8, 4) is 0 Å². The van der Waals surface area contributed by atoms with Gasteiger partial charge in [0, 0.05) is 39.3 Å². The Morgan fingerprint density at radius 1 is 1.42 bits per heavy atom. The highest BCUT2D eigenvalue weighted by Gasteiger charge is 2.34. The maximum atomic E-state index is 4.59. The van der Waals surface area contributed by atoms with Gasteiger partial charge in [0.15, 0.2) is 0 Å². The molecule has 5 heteroatoms. The second kappa shape index (κ2) is 5.54. The number of nitrogens with one attached hydrogen (secondary N) is 1. The Balaban J connectivity index is 1.68. The molecule has 0 aromatic carbocycles. The highest BCUT2D eigenvalue weighted by Crippen LogP contribution is 2.34. The smallest absolute Gasteiger partial charge is 0.0767 e. The van der Waals surface area contributed by atoms with Crippen molar-refractivity contribution in [3.63, 3.8) is 0 Å². The standard InChI is InChI=1S/C14H23BrN4/c1-3-11-14(15)13(18(2)17-11)9-19-7-6-16-12(8-19)10-4-5-10/h10,12,16H,3-9H2,1-2H3. The van der Waals surface area contributed by atoms with Crippen LogP contribution in [0.25, 0.3) is 0 Å². The highest BCUT2D eigenvalue weighted by atomic mass is 79.9. The minimum absolute atomic E-state index is 0.714. The number of hydrogen-bond acceptors (Lipinski definition) is 3. The Labute approximate surface area is 123 Å². The Hall–Kier alpha value is -0.390. The van der Waals surface area contributed by atoms with Gasteiger partial charge in [0.1, 0.15) is 0 Å². The molecule has 0 amide bonds. The van der Waals surface area contributed by atoms with E-state index in [1.165, 1.54) is 35.2 Å². The van der Waals surface area contributed by atoms with Crippen LogP contribution in [0.1, 0.15) is 31.2 Å². The summed E-state index contributed by atoms with van der Waals surface area (Å²) in [5, 5.41) is 8.25. The molecule has 1 unspecified atom stereocenters. The largest absolute Gasteiger partial charge is 0.311 e. The summed E-state index contributed by atoms with van der Waals surface area (Å²) in [6.45, 7) is 6.61. The van der Waals surface area contributed by atoms with Crippen molar-refractivity contribution in [1.29, 1.82) is 0 Å². The van der Waals surface area contributed by atoms with Gasteiger partial charge in [0.2, 0.25) is 0 Å². The normalized spacial score (nSPS) is 24.9. The van der Waals surface area contributed by atoms with E-state index in [1.807, 2.05) is 4.68 Å². The molecule has 1 aromatic heterocycles. The lowest BCUT2D eigenvalue weighted by atomic mass is 10.1. The van der Waals surface area contributed by atoms with Gasteiger partial charge in [0.25, 0.3) is 0 Å². The van der Waals surface area contributed by atoms with E-state index >= 15 is 0 Å². The van der Waals surface area contributed by atoms with Crippen molar-refractivity contribution in [2.24, 2.45) is 13.0 Å². The van der Waals surface area contributed by atoms with Crippen molar-refractivity contribution in [2.75, 3.05) is 19.6 Å². The second-order valence-corrected chi connectivity index (χ2v) is 6.61. The first-order chi connectivity index (χ1) is 9.19. The lowest BCUT2D eigenvalue weighted by molar-refractivity contribution is 0.177. The first kappa shape index (κ1) is 13.6. The van der Waals surface area contributed by atoms with Crippen molar-refractivity contribution in [2.45, 2.75) is 38.8 Å². The van der Waals surface area contributed by atoms with Crippen LogP contribution in [0.2, 0.25) is 0 Å². The van der Waals surface area contributed by atoms with Crippen LogP contribution >= 0.6 is 15.9 Å². The van der Waals surface area contributed by atoms with Gasteiger partial charge in [-0.05, 0) is 41.1 Å². The zero-order valence-corrected chi connectivity index (χ0v) is 13.4. The molecule has 1 aliphatic carbocycles. The molecule has 0 spiro atoms. The second-order valence-electron chi connectivity index (χ2n) is 5.82. The molecule has 2 fully saturated rings.